The highest BCUT2D eigenvalue weighted by atomic mass is 16.5. The second kappa shape index (κ2) is 8.76. The number of carbonyl (C=O) groups excluding carboxylic acids is 2. The number of hydrogen-bond donors (Lipinski definition) is 3. The van der Waals surface area contributed by atoms with Crippen molar-refractivity contribution in [2.45, 2.75) is 49.1 Å². The van der Waals surface area contributed by atoms with E-state index in [4.69, 9.17) is 9.47 Å². The fourth-order valence-corrected chi connectivity index (χ4v) is 5.12. The van der Waals surface area contributed by atoms with Crippen molar-refractivity contribution in [3.63, 3.8) is 0 Å². The third-order valence-electron chi connectivity index (χ3n) is 7.19. The van der Waals surface area contributed by atoms with Gasteiger partial charge < -0.3 is 25.2 Å². The maximum Gasteiger partial charge on any atom is 0.408 e. The zero-order valence-electron chi connectivity index (χ0n) is 18.8. The second-order valence-corrected chi connectivity index (χ2v) is 9.45. The van der Waals surface area contributed by atoms with E-state index in [2.05, 4.69) is 22.8 Å². The fourth-order valence-electron chi connectivity index (χ4n) is 5.12. The summed E-state index contributed by atoms with van der Waals surface area (Å²) in [6, 6.07) is 16.2. The summed E-state index contributed by atoms with van der Waals surface area (Å²) in [5.74, 6) is -1.40. The molecule has 34 heavy (non-hydrogen) atoms. The van der Waals surface area contributed by atoms with E-state index in [1.165, 1.54) is 0 Å². The summed E-state index contributed by atoms with van der Waals surface area (Å²) in [6.45, 7) is 0.943. The van der Waals surface area contributed by atoms with Crippen LogP contribution < -0.4 is 10.6 Å². The van der Waals surface area contributed by atoms with Crippen molar-refractivity contribution in [3.05, 3.63) is 59.7 Å². The molecule has 2 fully saturated rings. The molecule has 0 spiro atoms. The molecule has 0 unspecified atom stereocenters. The third kappa shape index (κ3) is 4.25. The molecular weight excluding hydrogens is 436 g/mol. The molecule has 1 saturated heterocycles. The van der Waals surface area contributed by atoms with Crippen LogP contribution in [0.4, 0.5) is 4.79 Å². The van der Waals surface area contributed by atoms with Crippen molar-refractivity contribution < 1.29 is 29.0 Å². The summed E-state index contributed by atoms with van der Waals surface area (Å²) in [4.78, 5) is 37.2. The van der Waals surface area contributed by atoms with Gasteiger partial charge in [-0.15, -0.1) is 0 Å². The van der Waals surface area contributed by atoms with Crippen LogP contribution in [0.25, 0.3) is 11.1 Å². The molecule has 3 N–H and O–H groups in total. The zero-order chi connectivity index (χ0) is 23.8. The quantitative estimate of drug-likeness (QED) is 0.580. The van der Waals surface area contributed by atoms with Crippen LogP contribution in [0, 0.1) is 0 Å². The van der Waals surface area contributed by atoms with Gasteiger partial charge in [0.15, 0.2) is 0 Å². The molecule has 2 aromatic rings. The Balaban J connectivity index is 1.23. The molecule has 8 nitrogen and oxygen atoms in total. The number of rotatable bonds is 7. The topological polar surface area (TPSA) is 114 Å². The van der Waals surface area contributed by atoms with E-state index < -0.39 is 23.1 Å². The molecule has 0 bridgehead atoms. The van der Waals surface area contributed by atoms with Crippen molar-refractivity contribution in [1.29, 1.82) is 0 Å². The highest BCUT2D eigenvalue weighted by Gasteiger charge is 2.54. The lowest BCUT2D eigenvalue weighted by atomic mass is 9.86. The summed E-state index contributed by atoms with van der Waals surface area (Å²) in [5.41, 5.74) is 2.61. The Kier molecular flexibility index (Phi) is 5.77. The first-order valence-corrected chi connectivity index (χ1v) is 11.7. The molecule has 0 aromatic heterocycles. The smallest absolute Gasteiger partial charge is 0.408 e. The summed E-state index contributed by atoms with van der Waals surface area (Å²) in [7, 11) is 0. The lowest BCUT2D eigenvalue weighted by molar-refractivity contribution is -0.140. The van der Waals surface area contributed by atoms with E-state index in [0.29, 0.717) is 38.9 Å². The molecule has 0 atom stereocenters. The molecule has 3 aliphatic rings. The van der Waals surface area contributed by atoms with Crippen LogP contribution >= 0.6 is 0 Å². The highest BCUT2D eigenvalue weighted by Crippen LogP contribution is 2.44. The predicted molar refractivity (Wildman–Crippen MR) is 123 cm³/mol. The molecular formula is C26H28N2O6. The number of carboxylic acids is 1. The van der Waals surface area contributed by atoms with Crippen molar-refractivity contribution >= 4 is 18.0 Å². The number of hydrogen-bond acceptors (Lipinski definition) is 5. The highest BCUT2D eigenvalue weighted by molar-refractivity contribution is 5.93. The van der Waals surface area contributed by atoms with Gasteiger partial charge in [-0.25, -0.2) is 4.79 Å². The lowest BCUT2D eigenvalue weighted by Crippen LogP contribution is -2.59. The Morgan fingerprint density at radius 1 is 0.912 bits per heavy atom. The number of fused-ring (bicyclic) bond motifs is 3. The van der Waals surface area contributed by atoms with Crippen LogP contribution in [0.3, 0.4) is 0 Å². The number of alkyl carbamates (subject to hydrolysis) is 1. The second-order valence-electron chi connectivity index (χ2n) is 9.45. The Hall–Kier alpha value is -3.39. The van der Waals surface area contributed by atoms with Crippen molar-refractivity contribution in [2.24, 2.45) is 0 Å². The minimum absolute atomic E-state index is 0.0665. The van der Waals surface area contributed by atoms with E-state index in [9.17, 15) is 19.5 Å². The first-order valence-electron chi connectivity index (χ1n) is 11.7. The average molecular weight is 465 g/mol. The lowest BCUT2D eigenvalue weighted by Gasteiger charge is -2.38. The first-order chi connectivity index (χ1) is 16.4. The van der Waals surface area contributed by atoms with E-state index in [1.807, 2.05) is 36.4 Å². The molecule has 0 radical (unpaired) electrons. The van der Waals surface area contributed by atoms with E-state index >= 15 is 0 Å². The Bertz CT molecular complexity index is 1070. The summed E-state index contributed by atoms with van der Waals surface area (Å²) >= 11 is 0. The van der Waals surface area contributed by atoms with E-state index in [0.717, 1.165) is 22.3 Å². The minimum Gasteiger partial charge on any atom is -0.481 e. The number of aliphatic carboxylic acids is 1. The third-order valence-corrected chi connectivity index (χ3v) is 7.19. The number of carboxylic acid groups (broad SMARTS) is 1. The molecule has 178 valence electrons. The van der Waals surface area contributed by atoms with Crippen molar-refractivity contribution in [2.75, 3.05) is 19.8 Å². The molecule has 5 rings (SSSR count). The van der Waals surface area contributed by atoms with Gasteiger partial charge in [0.1, 0.15) is 12.1 Å². The van der Waals surface area contributed by atoms with Gasteiger partial charge in [-0.2, -0.15) is 0 Å². The van der Waals surface area contributed by atoms with Gasteiger partial charge in [-0.1, -0.05) is 48.5 Å². The zero-order valence-corrected chi connectivity index (χ0v) is 18.8. The van der Waals surface area contributed by atoms with Crippen LogP contribution in [0.2, 0.25) is 0 Å². The SMILES string of the molecule is O=C(O)CC1(NC(=O)C2(NC(=O)OCC3c4ccccc4-c4ccccc43)CC2)CCOCC1. The molecule has 2 aliphatic carbocycles. The van der Waals surface area contributed by atoms with E-state index in [-0.39, 0.29) is 24.9 Å². The summed E-state index contributed by atoms with van der Waals surface area (Å²) in [6.07, 6.45) is 1.00. The standard InChI is InChI=1S/C26H28N2O6/c29-22(30)15-25(11-13-33-14-12-25)27-23(31)26(9-10-26)28-24(32)34-16-21-19-7-3-1-5-17(19)18-6-2-4-8-20(18)21/h1-8,21H,9-16H2,(H,27,31)(H,28,32)(H,29,30). The number of carbonyl (C=O) groups is 3. The molecule has 8 heteroatoms. The van der Waals surface area contributed by atoms with Crippen LogP contribution in [-0.4, -0.2) is 54.0 Å². The average Bonchev–Trinajstić information content (AvgIpc) is 3.53. The first kappa shape index (κ1) is 22.4. The van der Waals surface area contributed by atoms with Crippen molar-refractivity contribution in [1.82, 2.24) is 10.6 Å². The van der Waals surface area contributed by atoms with Gasteiger partial charge >= 0.3 is 12.1 Å². The largest absolute Gasteiger partial charge is 0.481 e. The number of nitrogens with one attached hydrogen (secondary N) is 2. The Morgan fingerprint density at radius 2 is 1.50 bits per heavy atom. The fraction of sp³-hybridized carbons (Fsp3) is 0.423. The van der Waals surface area contributed by atoms with Crippen molar-refractivity contribution in [3.8, 4) is 11.1 Å². The van der Waals surface area contributed by atoms with Crippen LogP contribution in [0.5, 0.6) is 0 Å². The molecule has 1 saturated carbocycles. The van der Waals surface area contributed by atoms with E-state index in [1.54, 1.807) is 0 Å². The van der Waals surface area contributed by atoms with Gasteiger partial charge in [-0.3, -0.25) is 9.59 Å². The minimum atomic E-state index is -1.05. The summed E-state index contributed by atoms with van der Waals surface area (Å²) in [5, 5.41) is 15.0. The molecule has 2 aromatic carbocycles. The molecule has 1 heterocycles. The monoisotopic (exact) mass is 464 g/mol. The van der Waals surface area contributed by atoms with Crippen LogP contribution in [0.1, 0.15) is 49.1 Å². The van der Waals surface area contributed by atoms with Gasteiger partial charge in [-0.05, 0) is 47.9 Å². The van der Waals surface area contributed by atoms with Crippen LogP contribution in [-0.2, 0) is 19.1 Å². The number of amides is 2. The van der Waals surface area contributed by atoms with Crippen LogP contribution in [0.15, 0.2) is 48.5 Å². The van der Waals surface area contributed by atoms with Gasteiger partial charge in [0, 0.05) is 19.1 Å². The van der Waals surface area contributed by atoms with Gasteiger partial charge in [0.2, 0.25) is 5.91 Å². The Morgan fingerprint density at radius 3 is 2.06 bits per heavy atom. The Labute approximate surface area is 197 Å². The number of benzene rings is 2. The molecule has 2 amide bonds. The normalized spacial score (nSPS) is 19.4. The van der Waals surface area contributed by atoms with Gasteiger partial charge in [0.05, 0.1) is 12.0 Å². The number of ether oxygens (including phenoxy) is 2. The maximum atomic E-state index is 13.1. The summed E-state index contributed by atoms with van der Waals surface area (Å²) < 4.78 is 11.0. The van der Waals surface area contributed by atoms with Gasteiger partial charge in [0.25, 0.3) is 0 Å². The predicted octanol–water partition coefficient (Wildman–Crippen LogP) is 3.20. The maximum absolute atomic E-state index is 13.1. The molecule has 1 aliphatic heterocycles.